The molecule has 0 aliphatic rings. The quantitative estimate of drug-likeness (QED) is 0.859. The molecule has 106 valence electrons. The number of carbonyl (C=O) groups excluding carboxylic acids is 1. The second-order valence-electron chi connectivity index (χ2n) is 4.12. The molecule has 5 nitrogen and oxygen atoms in total. The Bertz CT molecular complexity index is 450. The summed E-state index contributed by atoms with van der Waals surface area (Å²) in [4.78, 5) is 25.8. The lowest BCUT2D eigenvalue weighted by atomic mass is 10.3. The van der Waals surface area contributed by atoms with E-state index >= 15 is 0 Å². The average molecular weight is 349 g/mol. The maximum absolute atomic E-state index is 12.1. The number of nitrogens with zero attached hydrogens (tertiary/aromatic N) is 2. The standard InChI is InChI=1S/C12H17BrN2O3S/c1-3-15(5-4-11(16)17)12(18)14(2)7-9-6-10(13)19-8-9/h6,8H,3-5,7H2,1-2H3,(H,16,17). The molecular formula is C12H17BrN2O3S. The van der Waals surface area contributed by atoms with Crippen molar-refractivity contribution in [3.63, 3.8) is 0 Å². The van der Waals surface area contributed by atoms with E-state index in [2.05, 4.69) is 15.9 Å². The van der Waals surface area contributed by atoms with Gasteiger partial charge in [-0.05, 0) is 39.9 Å². The number of thiophene rings is 1. The Morgan fingerprint density at radius 1 is 1.47 bits per heavy atom. The monoisotopic (exact) mass is 348 g/mol. The molecule has 0 fully saturated rings. The number of amides is 2. The van der Waals surface area contributed by atoms with Crippen LogP contribution in [0.3, 0.4) is 0 Å². The average Bonchev–Trinajstić information content (AvgIpc) is 2.74. The minimum Gasteiger partial charge on any atom is -0.481 e. The second kappa shape index (κ2) is 7.49. The number of urea groups is 1. The van der Waals surface area contributed by atoms with Gasteiger partial charge in [0.05, 0.1) is 10.2 Å². The third kappa shape index (κ3) is 5.20. The Morgan fingerprint density at radius 2 is 2.16 bits per heavy atom. The Hall–Kier alpha value is -1.08. The van der Waals surface area contributed by atoms with Gasteiger partial charge in [-0.15, -0.1) is 11.3 Å². The molecule has 0 saturated carbocycles. The number of aliphatic carboxylic acids is 1. The van der Waals surface area contributed by atoms with Crippen molar-refractivity contribution in [2.45, 2.75) is 19.9 Å². The molecule has 0 bridgehead atoms. The van der Waals surface area contributed by atoms with Crippen LogP contribution in [0.5, 0.6) is 0 Å². The van der Waals surface area contributed by atoms with Crippen molar-refractivity contribution >= 4 is 39.3 Å². The first-order chi connectivity index (χ1) is 8.93. The third-order valence-corrected chi connectivity index (χ3v) is 4.17. The molecule has 0 atom stereocenters. The number of hydrogen-bond donors (Lipinski definition) is 1. The lowest BCUT2D eigenvalue weighted by Gasteiger charge is -2.26. The molecule has 1 aromatic heterocycles. The van der Waals surface area contributed by atoms with Crippen LogP contribution >= 0.6 is 27.3 Å². The predicted molar refractivity (Wildman–Crippen MR) is 78.4 cm³/mol. The highest BCUT2D eigenvalue weighted by Gasteiger charge is 2.17. The van der Waals surface area contributed by atoms with E-state index in [4.69, 9.17) is 5.11 Å². The first kappa shape index (κ1) is 16.0. The Labute approximate surface area is 124 Å². The summed E-state index contributed by atoms with van der Waals surface area (Å²) in [5, 5.41) is 10.6. The topological polar surface area (TPSA) is 60.9 Å². The van der Waals surface area contributed by atoms with Crippen molar-refractivity contribution in [3.05, 3.63) is 20.8 Å². The number of carboxylic acid groups (broad SMARTS) is 1. The molecule has 1 rings (SSSR count). The molecule has 0 aromatic carbocycles. The second-order valence-corrected chi connectivity index (χ2v) is 6.41. The van der Waals surface area contributed by atoms with Crippen LogP contribution in [0.4, 0.5) is 4.79 Å². The minimum absolute atomic E-state index is 0.0303. The summed E-state index contributed by atoms with van der Waals surface area (Å²) in [6.07, 6.45) is -0.0303. The molecule has 2 amide bonds. The fourth-order valence-corrected chi connectivity index (χ4v) is 2.83. The normalized spacial score (nSPS) is 10.3. The highest BCUT2D eigenvalue weighted by molar-refractivity contribution is 9.11. The van der Waals surface area contributed by atoms with Crippen molar-refractivity contribution in [1.82, 2.24) is 9.80 Å². The number of halogens is 1. The molecule has 0 saturated heterocycles. The molecule has 1 heterocycles. The first-order valence-electron chi connectivity index (χ1n) is 5.88. The van der Waals surface area contributed by atoms with Crippen molar-refractivity contribution in [3.8, 4) is 0 Å². The largest absolute Gasteiger partial charge is 0.481 e. The lowest BCUT2D eigenvalue weighted by Crippen LogP contribution is -2.41. The summed E-state index contributed by atoms with van der Waals surface area (Å²) >= 11 is 4.96. The van der Waals surface area contributed by atoms with Crippen LogP contribution in [0, 0.1) is 0 Å². The molecule has 0 spiro atoms. The summed E-state index contributed by atoms with van der Waals surface area (Å²) in [6, 6.07) is 1.83. The van der Waals surface area contributed by atoms with Crippen LogP contribution in [0.15, 0.2) is 15.2 Å². The van der Waals surface area contributed by atoms with Gasteiger partial charge in [0.1, 0.15) is 0 Å². The molecule has 1 aromatic rings. The van der Waals surface area contributed by atoms with Gasteiger partial charge in [-0.2, -0.15) is 0 Å². The Kier molecular flexibility index (Phi) is 6.30. The third-order valence-electron chi connectivity index (χ3n) is 2.62. The van der Waals surface area contributed by atoms with Gasteiger partial charge >= 0.3 is 12.0 Å². The molecule has 1 N–H and O–H groups in total. The summed E-state index contributed by atoms with van der Waals surface area (Å²) in [5.74, 6) is -0.893. The van der Waals surface area contributed by atoms with Gasteiger partial charge in [0, 0.05) is 26.7 Å². The smallest absolute Gasteiger partial charge is 0.320 e. The zero-order valence-corrected chi connectivity index (χ0v) is 13.3. The van der Waals surface area contributed by atoms with Crippen LogP contribution in [0.25, 0.3) is 0 Å². The summed E-state index contributed by atoms with van der Waals surface area (Å²) in [5.41, 5.74) is 1.06. The van der Waals surface area contributed by atoms with E-state index < -0.39 is 5.97 Å². The van der Waals surface area contributed by atoms with Gasteiger partial charge in [0.2, 0.25) is 0 Å². The molecular weight excluding hydrogens is 332 g/mol. The van der Waals surface area contributed by atoms with Crippen molar-refractivity contribution < 1.29 is 14.7 Å². The van der Waals surface area contributed by atoms with Gasteiger partial charge < -0.3 is 14.9 Å². The van der Waals surface area contributed by atoms with Gasteiger partial charge in [-0.25, -0.2) is 4.79 Å². The van der Waals surface area contributed by atoms with E-state index in [-0.39, 0.29) is 19.0 Å². The highest BCUT2D eigenvalue weighted by atomic mass is 79.9. The van der Waals surface area contributed by atoms with Crippen LogP contribution in [0.2, 0.25) is 0 Å². The minimum atomic E-state index is -0.893. The van der Waals surface area contributed by atoms with Gasteiger partial charge in [-0.3, -0.25) is 4.79 Å². The van der Waals surface area contributed by atoms with Crippen molar-refractivity contribution in [2.24, 2.45) is 0 Å². The molecule has 0 radical (unpaired) electrons. The summed E-state index contributed by atoms with van der Waals surface area (Å²) in [6.45, 7) is 3.10. The SMILES string of the molecule is CCN(CCC(=O)O)C(=O)N(C)Cc1csc(Br)c1. The Balaban J connectivity index is 2.56. The summed E-state index contributed by atoms with van der Waals surface area (Å²) in [7, 11) is 1.72. The number of hydrogen-bond acceptors (Lipinski definition) is 3. The van der Waals surface area contributed by atoms with E-state index in [1.54, 1.807) is 23.3 Å². The molecule has 19 heavy (non-hydrogen) atoms. The lowest BCUT2D eigenvalue weighted by molar-refractivity contribution is -0.137. The van der Waals surface area contributed by atoms with Crippen LogP contribution in [-0.2, 0) is 11.3 Å². The molecule has 7 heteroatoms. The van der Waals surface area contributed by atoms with Crippen LogP contribution in [-0.4, -0.2) is 47.0 Å². The van der Waals surface area contributed by atoms with Crippen LogP contribution < -0.4 is 0 Å². The van der Waals surface area contributed by atoms with E-state index in [9.17, 15) is 9.59 Å². The molecule has 0 aliphatic carbocycles. The van der Waals surface area contributed by atoms with E-state index in [1.807, 2.05) is 18.4 Å². The number of carboxylic acids is 1. The van der Waals surface area contributed by atoms with Crippen molar-refractivity contribution in [2.75, 3.05) is 20.1 Å². The number of rotatable bonds is 6. The van der Waals surface area contributed by atoms with E-state index in [0.717, 1.165) is 9.35 Å². The first-order valence-corrected chi connectivity index (χ1v) is 7.56. The highest BCUT2D eigenvalue weighted by Crippen LogP contribution is 2.21. The Morgan fingerprint density at radius 3 is 2.63 bits per heavy atom. The fourth-order valence-electron chi connectivity index (χ4n) is 1.63. The fraction of sp³-hybridized carbons (Fsp3) is 0.500. The summed E-state index contributed by atoms with van der Waals surface area (Å²) < 4.78 is 1.03. The number of carbonyl (C=O) groups is 2. The predicted octanol–water partition coefficient (Wildman–Crippen LogP) is 2.86. The van der Waals surface area contributed by atoms with E-state index in [0.29, 0.717) is 13.1 Å². The van der Waals surface area contributed by atoms with Crippen molar-refractivity contribution in [1.29, 1.82) is 0 Å². The van der Waals surface area contributed by atoms with Crippen LogP contribution in [0.1, 0.15) is 18.9 Å². The van der Waals surface area contributed by atoms with E-state index in [1.165, 1.54) is 4.90 Å². The molecule has 0 aliphatic heterocycles. The van der Waals surface area contributed by atoms with Gasteiger partial charge in [0.15, 0.2) is 0 Å². The zero-order valence-electron chi connectivity index (χ0n) is 10.9. The van der Waals surface area contributed by atoms with Gasteiger partial charge in [0.25, 0.3) is 0 Å². The maximum atomic E-state index is 12.1. The zero-order chi connectivity index (χ0) is 14.4. The molecule has 0 unspecified atom stereocenters. The maximum Gasteiger partial charge on any atom is 0.320 e. The van der Waals surface area contributed by atoms with Gasteiger partial charge in [-0.1, -0.05) is 0 Å².